The van der Waals surface area contributed by atoms with E-state index < -0.39 is 4.92 Å². The fourth-order valence-electron chi connectivity index (χ4n) is 5.49. The summed E-state index contributed by atoms with van der Waals surface area (Å²) in [6.45, 7) is 4.11. The maximum atomic E-state index is 11.2. The van der Waals surface area contributed by atoms with Crippen molar-refractivity contribution in [1.29, 1.82) is 0 Å². The Morgan fingerprint density at radius 1 is 1.08 bits per heavy atom. The van der Waals surface area contributed by atoms with E-state index in [1.165, 1.54) is 57.6 Å². The molecule has 6 heteroatoms. The van der Waals surface area contributed by atoms with Gasteiger partial charge in [0.15, 0.2) is 5.75 Å². The van der Waals surface area contributed by atoms with E-state index in [1.807, 2.05) is 6.07 Å². The normalized spacial score (nSPS) is 28.2. The number of aromatic hydroxyl groups is 1. The molecular weight excluding hydrogens is 330 g/mol. The molecule has 4 rings (SSSR count). The van der Waals surface area contributed by atoms with Crippen LogP contribution in [0.5, 0.6) is 5.75 Å². The minimum atomic E-state index is -0.494. The second-order valence-corrected chi connectivity index (χ2v) is 8.18. The van der Waals surface area contributed by atoms with E-state index >= 15 is 0 Å². The zero-order chi connectivity index (χ0) is 18.1. The molecule has 1 aromatic carbocycles. The molecule has 2 aliphatic heterocycles. The Morgan fingerprint density at radius 3 is 2.65 bits per heavy atom. The molecule has 1 aliphatic carbocycles. The van der Waals surface area contributed by atoms with E-state index in [0.717, 1.165) is 31.1 Å². The van der Waals surface area contributed by atoms with Gasteiger partial charge in [0, 0.05) is 37.8 Å². The minimum absolute atomic E-state index is 0.184. The lowest BCUT2D eigenvalue weighted by molar-refractivity contribution is -0.385. The van der Waals surface area contributed by atoms with Gasteiger partial charge >= 0.3 is 5.69 Å². The number of hydrogen-bond donors (Lipinski definition) is 1. The number of phenols is 1. The van der Waals surface area contributed by atoms with E-state index in [-0.39, 0.29) is 11.4 Å². The van der Waals surface area contributed by atoms with Crippen LogP contribution in [0.15, 0.2) is 18.2 Å². The Bertz CT molecular complexity index is 660. The molecule has 0 radical (unpaired) electrons. The molecule has 0 bridgehead atoms. The Labute approximate surface area is 154 Å². The zero-order valence-corrected chi connectivity index (χ0v) is 15.3. The van der Waals surface area contributed by atoms with Gasteiger partial charge in [0.05, 0.1) is 4.92 Å². The number of benzene rings is 1. The third kappa shape index (κ3) is 3.45. The molecule has 0 amide bonds. The van der Waals surface area contributed by atoms with E-state index in [2.05, 4.69) is 9.80 Å². The number of phenolic OH excluding ortho intramolecular Hbond substituents is 1. The Hall–Kier alpha value is -1.66. The SMILES string of the molecule is O=[N+]([O-])c1cc(CN2CCN3CCC[C@@H]3[C@@H]2C2CCCCC2)ccc1O. The second kappa shape index (κ2) is 7.53. The summed E-state index contributed by atoms with van der Waals surface area (Å²) in [7, 11) is 0. The van der Waals surface area contributed by atoms with Gasteiger partial charge in [-0.2, -0.15) is 0 Å². The molecule has 1 saturated carbocycles. The molecule has 3 fully saturated rings. The zero-order valence-electron chi connectivity index (χ0n) is 15.3. The monoisotopic (exact) mass is 359 g/mol. The van der Waals surface area contributed by atoms with E-state index in [9.17, 15) is 15.2 Å². The molecule has 2 saturated heterocycles. The quantitative estimate of drug-likeness (QED) is 0.658. The van der Waals surface area contributed by atoms with Crippen molar-refractivity contribution in [3.63, 3.8) is 0 Å². The van der Waals surface area contributed by atoms with Crippen molar-refractivity contribution in [2.24, 2.45) is 5.92 Å². The van der Waals surface area contributed by atoms with Crippen LogP contribution in [0.1, 0.15) is 50.5 Å². The van der Waals surface area contributed by atoms with Crippen molar-refractivity contribution in [2.75, 3.05) is 19.6 Å². The van der Waals surface area contributed by atoms with Crippen molar-refractivity contribution < 1.29 is 10.0 Å². The maximum absolute atomic E-state index is 11.2. The predicted molar refractivity (Wildman–Crippen MR) is 100 cm³/mol. The largest absolute Gasteiger partial charge is 0.502 e. The standard InChI is InChI=1S/C20H29N3O3/c24-19-9-8-15(13-18(19)23(25)26)14-22-12-11-21-10-4-7-17(21)20(22)16-5-2-1-3-6-16/h8-9,13,16-17,20,24H,1-7,10-12,14H2/t17-,20+/m1/s1. The summed E-state index contributed by atoms with van der Waals surface area (Å²) >= 11 is 0. The number of nitro benzene ring substituents is 1. The lowest BCUT2D eigenvalue weighted by atomic mass is 9.78. The van der Waals surface area contributed by atoms with Gasteiger partial charge in [0.2, 0.25) is 0 Å². The first kappa shape index (κ1) is 17.7. The molecule has 3 aliphatic rings. The highest BCUT2D eigenvalue weighted by Crippen LogP contribution is 2.38. The van der Waals surface area contributed by atoms with E-state index in [4.69, 9.17) is 0 Å². The Morgan fingerprint density at radius 2 is 1.88 bits per heavy atom. The second-order valence-electron chi connectivity index (χ2n) is 8.18. The molecule has 0 unspecified atom stereocenters. The molecular formula is C20H29N3O3. The average Bonchev–Trinajstić information content (AvgIpc) is 3.12. The topological polar surface area (TPSA) is 69.9 Å². The van der Waals surface area contributed by atoms with Gasteiger partial charge < -0.3 is 5.11 Å². The fraction of sp³-hybridized carbons (Fsp3) is 0.700. The molecule has 0 aromatic heterocycles. The van der Waals surface area contributed by atoms with Crippen LogP contribution < -0.4 is 0 Å². The number of nitro groups is 1. The molecule has 142 valence electrons. The van der Waals surface area contributed by atoms with E-state index in [0.29, 0.717) is 12.1 Å². The molecule has 26 heavy (non-hydrogen) atoms. The first-order valence-corrected chi connectivity index (χ1v) is 10.1. The van der Waals surface area contributed by atoms with Gasteiger partial charge in [-0.3, -0.25) is 19.9 Å². The Balaban J connectivity index is 1.57. The van der Waals surface area contributed by atoms with Crippen molar-refractivity contribution in [3.8, 4) is 5.75 Å². The highest BCUT2D eigenvalue weighted by molar-refractivity contribution is 5.47. The van der Waals surface area contributed by atoms with Gasteiger partial charge in [-0.15, -0.1) is 0 Å². The summed E-state index contributed by atoms with van der Waals surface area (Å²) in [5.74, 6) is 0.505. The molecule has 1 aromatic rings. The molecule has 0 spiro atoms. The number of piperazine rings is 1. The first-order valence-electron chi connectivity index (χ1n) is 10.1. The number of nitrogens with zero attached hydrogens (tertiary/aromatic N) is 3. The van der Waals surface area contributed by atoms with Crippen molar-refractivity contribution in [1.82, 2.24) is 9.80 Å². The third-order valence-electron chi connectivity index (χ3n) is 6.66. The number of fused-ring (bicyclic) bond motifs is 1. The molecule has 2 heterocycles. The smallest absolute Gasteiger partial charge is 0.311 e. The summed E-state index contributed by atoms with van der Waals surface area (Å²) in [5.41, 5.74) is 0.748. The maximum Gasteiger partial charge on any atom is 0.311 e. The van der Waals surface area contributed by atoms with Gasteiger partial charge in [-0.1, -0.05) is 25.3 Å². The lowest BCUT2D eigenvalue weighted by Crippen LogP contribution is -2.59. The molecule has 1 N–H and O–H groups in total. The summed E-state index contributed by atoms with van der Waals surface area (Å²) in [6.07, 6.45) is 9.27. The number of rotatable bonds is 4. The molecule has 6 nitrogen and oxygen atoms in total. The number of hydrogen-bond acceptors (Lipinski definition) is 5. The van der Waals surface area contributed by atoms with Gasteiger partial charge in [0.25, 0.3) is 0 Å². The van der Waals surface area contributed by atoms with Crippen molar-refractivity contribution in [2.45, 2.75) is 63.6 Å². The summed E-state index contributed by atoms with van der Waals surface area (Å²) < 4.78 is 0. The van der Waals surface area contributed by atoms with Gasteiger partial charge in [0.1, 0.15) is 0 Å². The fourth-order valence-corrected chi connectivity index (χ4v) is 5.49. The van der Waals surface area contributed by atoms with Crippen LogP contribution in [-0.4, -0.2) is 51.5 Å². The Kier molecular flexibility index (Phi) is 5.14. The van der Waals surface area contributed by atoms with Crippen LogP contribution >= 0.6 is 0 Å². The van der Waals surface area contributed by atoms with E-state index in [1.54, 1.807) is 6.07 Å². The predicted octanol–water partition coefficient (Wildman–Crippen LogP) is 3.53. The van der Waals surface area contributed by atoms with Crippen LogP contribution in [-0.2, 0) is 6.54 Å². The van der Waals surface area contributed by atoms with Gasteiger partial charge in [-0.05, 0) is 49.8 Å². The summed E-state index contributed by atoms with van der Waals surface area (Å²) in [6, 6.07) is 6.07. The molecule has 2 atom stereocenters. The van der Waals surface area contributed by atoms with Crippen LogP contribution in [0.4, 0.5) is 5.69 Å². The van der Waals surface area contributed by atoms with Crippen LogP contribution in [0.3, 0.4) is 0 Å². The minimum Gasteiger partial charge on any atom is -0.502 e. The first-order chi connectivity index (χ1) is 12.6. The highest BCUT2D eigenvalue weighted by atomic mass is 16.6. The summed E-state index contributed by atoms with van der Waals surface area (Å²) in [4.78, 5) is 15.9. The average molecular weight is 359 g/mol. The summed E-state index contributed by atoms with van der Waals surface area (Å²) in [5, 5.41) is 20.9. The van der Waals surface area contributed by atoms with Crippen molar-refractivity contribution >= 4 is 5.69 Å². The van der Waals surface area contributed by atoms with Crippen molar-refractivity contribution in [3.05, 3.63) is 33.9 Å². The van der Waals surface area contributed by atoms with Gasteiger partial charge in [-0.25, -0.2) is 0 Å². The van der Waals surface area contributed by atoms with Crippen LogP contribution in [0, 0.1) is 16.0 Å². The third-order valence-corrected chi connectivity index (χ3v) is 6.66. The van der Waals surface area contributed by atoms with Crippen LogP contribution in [0.25, 0.3) is 0 Å². The van der Waals surface area contributed by atoms with Crippen LogP contribution in [0.2, 0.25) is 0 Å². The lowest BCUT2D eigenvalue weighted by Gasteiger charge is -2.49. The highest BCUT2D eigenvalue weighted by Gasteiger charge is 2.42.